The number of nitrogens with two attached hydrogens (primary N) is 1. The quantitative estimate of drug-likeness (QED) is 0.502. The minimum atomic E-state index is -3.87. The van der Waals surface area contributed by atoms with Crippen LogP contribution in [0.4, 0.5) is 16.2 Å². The van der Waals surface area contributed by atoms with Gasteiger partial charge in [-0.3, -0.25) is 29.4 Å². The van der Waals surface area contributed by atoms with Crippen molar-refractivity contribution < 1.29 is 27.6 Å². The molecule has 0 radical (unpaired) electrons. The number of nitrogens with zero attached hydrogens (tertiary/aromatic N) is 1. The van der Waals surface area contributed by atoms with Gasteiger partial charge in [-0.05, 0) is 54.2 Å². The molecule has 32 heavy (non-hydrogen) atoms. The van der Waals surface area contributed by atoms with Crippen molar-refractivity contribution in [3.05, 3.63) is 57.4 Å². The molecule has 1 fully saturated rings. The van der Waals surface area contributed by atoms with Gasteiger partial charge in [-0.25, -0.2) is 13.6 Å². The number of fused-ring (bicyclic) bond motifs is 1. The standard InChI is InChI=1S/C19H13BrN4O6S2/c20-9-1-6-13-12(7-9)15(16-17(26)23-19(28)31-16)18(27)24(13)8-14(25)22-10-2-4-11(5-3-10)32(21,29)30/h1-7H,8H2,(H,22,25)(H2,21,29,30)(H,23,26,28)/b16-15+. The molecule has 0 unspecified atom stereocenters. The number of imide groups is 1. The summed E-state index contributed by atoms with van der Waals surface area (Å²) >= 11 is 3.95. The van der Waals surface area contributed by atoms with Gasteiger partial charge in [0.15, 0.2) is 0 Å². The maximum atomic E-state index is 13.1. The molecule has 0 atom stereocenters. The molecule has 4 N–H and O–H groups in total. The van der Waals surface area contributed by atoms with Crippen molar-refractivity contribution in [3.8, 4) is 0 Å². The number of amides is 4. The fraction of sp³-hybridized carbons (Fsp3) is 0.0526. The van der Waals surface area contributed by atoms with Gasteiger partial charge in [-0.2, -0.15) is 0 Å². The fourth-order valence-electron chi connectivity index (χ4n) is 3.23. The number of carbonyl (C=O) groups is 4. The minimum absolute atomic E-state index is 0.0270. The molecule has 2 aliphatic heterocycles. The normalized spacial score (nSPS) is 18.1. The zero-order valence-corrected chi connectivity index (χ0v) is 19.1. The van der Waals surface area contributed by atoms with E-state index in [1.165, 1.54) is 29.2 Å². The van der Waals surface area contributed by atoms with Gasteiger partial charge in [-0.1, -0.05) is 15.9 Å². The Morgan fingerprint density at radius 2 is 1.81 bits per heavy atom. The highest BCUT2D eigenvalue weighted by molar-refractivity contribution is 9.10. The van der Waals surface area contributed by atoms with Crippen molar-refractivity contribution in [1.29, 1.82) is 0 Å². The van der Waals surface area contributed by atoms with Crippen molar-refractivity contribution in [2.45, 2.75) is 4.90 Å². The summed E-state index contributed by atoms with van der Waals surface area (Å²) < 4.78 is 23.3. The van der Waals surface area contributed by atoms with Crippen molar-refractivity contribution in [2.75, 3.05) is 16.8 Å². The number of benzene rings is 2. The molecule has 4 rings (SSSR count). The summed E-state index contributed by atoms with van der Waals surface area (Å²) in [4.78, 5) is 50.6. The van der Waals surface area contributed by atoms with Gasteiger partial charge in [0.1, 0.15) is 6.54 Å². The van der Waals surface area contributed by atoms with E-state index in [1.807, 2.05) is 0 Å². The smallest absolute Gasteiger partial charge is 0.290 e. The first-order chi connectivity index (χ1) is 15.0. The van der Waals surface area contributed by atoms with E-state index >= 15 is 0 Å². The van der Waals surface area contributed by atoms with Gasteiger partial charge < -0.3 is 5.32 Å². The van der Waals surface area contributed by atoms with Crippen molar-refractivity contribution in [2.24, 2.45) is 5.14 Å². The van der Waals surface area contributed by atoms with Crippen LogP contribution < -0.4 is 20.7 Å². The van der Waals surface area contributed by atoms with Gasteiger partial charge in [0.2, 0.25) is 15.9 Å². The largest absolute Gasteiger partial charge is 0.325 e. The second-order valence-corrected chi connectivity index (χ2v) is 10.2. The number of halogens is 1. The zero-order valence-electron chi connectivity index (χ0n) is 15.9. The van der Waals surface area contributed by atoms with Gasteiger partial charge in [-0.15, -0.1) is 0 Å². The lowest BCUT2D eigenvalue weighted by atomic mass is 10.1. The van der Waals surface area contributed by atoms with E-state index < -0.39 is 33.0 Å². The molecule has 1 saturated heterocycles. The van der Waals surface area contributed by atoms with Crippen LogP contribution in [0.5, 0.6) is 0 Å². The highest BCUT2D eigenvalue weighted by Gasteiger charge is 2.40. The van der Waals surface area contributed by atoms with E-state index in [-0.39, 0.29) is 21.9 Å². The molecular weight excluding hydrogens is 524 g/mol. The van der Waals surface area contributed by atoms with Crippen molar-refractivity contribution >= 4 is 77.6 Å². The number of sulfonamides is 1. The Morgan fingerprint density at radius 3 is 2.41 bits per heavy atom. The minimum Gasteiger partial charge on any atom is -0.325 e. The maximum Gasteiger partial charge on any atom is 0.290 e. The molecule has 2 aromatic carbocycles. The lowest BCUT2D eigenvalue weighted by Gasteiger charge is -2.17. The Labute approximate surface area is 194 Å². The summed E-state index contributed by atoms with van der Waals surface area (Å²) in [6, 6.07) is 10.2. The van der Waals surface area contributed by atoms with Crippen LogP contribution in [-0.2, 0) is 24.4 Å². The molecule has 0 aliphatic carbocycles. The van der Waals surface area contributed by atoms with Crippen LogP contribution in [0.2, 0.25) is 0 Å². The Bertz CT molecular complexity index is 1340. The number of hydrogen-bond acceptors (Lipinski definition) is 7. The van der Waals surface area contributed by atoms with E-state index in [4.69, 9.17) is 5.14 Å². The van der Waals surface area contributed by atoms with E-state index in [0.29, 0.717) is 33.2 Å². The monoisotopic (exact) mass is 536 g/mol. The number of anilines is 2. The second kappa shape index (κ2) is 8.16. The Hall–Kier alpha value is -3.00. The summed E-state index contributed by atoms with van der Waals surface area (Å²) in [7, 11) is -3.87. The average molecular weight is 537 g/mol. The molecule has 164 valence electrons. The molecule has 0 saturated carbocycles. The first-order valence-electron chi connectivity index (χ1n) is 8.86. The molecule has 13 heteroatoms. The number of hydrogen-bond donors (Lipinski definition) is 3. The topological polar surface area (TPSA) is 156 Å². The number of rotatable bonds is 4. The predicted molar refractivity (Wildman–Crippen MR) is 121 cm³/mol. The molecular formula is C19H13BrN4O6S2. The molecule has 2 aliphatic rings. The highest BCUT2D eigenvalue weighted by Crippen LogP contribution is 2.43. The molecule has 10 nitrogen and oxygen atoms in total. The first kappa shape index (κ1) is 22.2. The van der Waals surface area contributed by atoms with Gasteiger partial charge >= 0.3 is 0 Å². The fourth-order valence-corrected chi connectivity index (χ4v) is 4.88. The summed E-state index contributed by atoms with van der Waals surface area (Å²) in [6.45, 7) is -0.374. The summed E-state index contributed by atoms with van der Waals surface area (Å²) in [5.41, 5.74) is 1.18. The Morgan fingerprint density at radius 1 is 1.12 bits per heavy atom. The van der Waals surface area contributed by atoms with E-state index in [1.54, 1.807) is 18.2 Å². The Balaban J connectivity index is 1.61. The SMILES string of the molecule is NS(=O)(=O)c1ccc(NC(=O)CN2C(=O)/C(=C3/SC(=O)NC3=O)c3cc(Br)ccc32)cc1. The predicted octanol–water partition coefficient (Wildman–Crippen LogP) is 1.78. The van der Waals surface area contributed by atoms with E-state index in [0.717, 1.165) is 0 Å². The van der Waals surface area contributed by atoms with Gasteiger partial charge in [0.25, 0.3) is 17.1 Å². The van der Waals surface area contributed by atoms with Crippen LogP contribution in [0, 0.1) is 0 Å². The number of primary sulfonamides is 1. The molecule has 2 heterocycles. The maximum absolute atomic E-state index is 13.1. The van der Waals surface area contributed by atoms with Gasteiger partial charge in [0, 0.05) is 15.7 Å². The van der Waals surface area contributed by atoms with E-state index in [9.17, 15) is 27.6 Å². The lowest BCUT2D eigenvalue weighted by Crippen LogP contribution is -2.35. The zero-order chi connectivity index (χ0) is 23.2. The van der Waals surface area contributed by atoms with Crippen LogP contribution in [0.25, 0.3) is 5.57 Å². The second-order valence-electron chi connectivity index (χ2n) is 6.72. The molecule has 0 aromatic heterocycles. The van der Waals surface area contributed by atoms with E-state index in [2.05, 4.69) is 26.6 Å². The van der Waals surface area contributed by atoms with Crippen LogP contribution in [-0.4, -0.2) is 37.9 Å². The van der Waals surface area contributed by atoms with Crippen LogP contribution >= 0.6 is 27.7 Å². The third-order valence-electron chi connectivity index (χ3n) is 4.59. The van der Waals surface area contributed by atoms with Crippen molar-refractivity contribution in [1.82, 2.24) is 5.32 Å². The summed E-state index contributed by atoms with van der Waals surface area (Å²) in [5.74, 6) is -1.82. The molecule has 2 aromatic rings. The van der Waals surface area contributed by atoms with Crippen LogP contribution in [0.1, 0.15) is 5.56 Å². The van der Waals surface area contributed by atoms with Crippen molar-refractivity contribution in [3.63, 3.8) is 0 Å². The highest BCUT2D eigenvalue weighted by atomic mass is 79.9. The van der Waals surface area contributed by atoms with Gasteiger partial charge in [0.05, 0.1) is 21.1 Å². The third kappa shape index (κ3) is 4.19. The average Bonchev–Trinajstić information content (AvgIpc) is 3.16. The number of carbonyl (C=O) groups excluding carboxylic acids is 4. The lowest BCUT2D eigenvalue weighted by molar-refractivity contribution is -0.118. The number of nitrogens with one attached hydrogen (secondary N) is 2. The Kier molecular flexibility index (Phi) is 5.67. The molecule has 4 amide bonds. The van der Waals surface area contributed by atoms with Crippen LogP contribution in [0.15, 0.2) is 56.7 Å². The first-order valence-corrected chi connectivity index (χ1v) is 12.0. The van der Waals surface area contributed by atoms with Crippen LogP contribution in [0.3, 0.4) is 0 Å². The molecule has 0 spiro atoms. The summed E-state index contributed by atoms with van der Waals surface area (Å²) in [5, 5.41) is 9.18. The summed E-state index contributed by atoms with van der Waals surface area (Å²) in [6.07, 6.45) is 0. The molecule has 0 bridgehead atoms. The number of thioether (sulfide) groups is 1. The third-order valence-corrected chi connectivity index (χ3v) is 6.89.